The molecule has 0 aliphatic heterocycles. The van der Waals surface area contributed by atoms with E-state index < -0.39 is 17.4 Å². The monoisotopic (exact) mass is 433 g/mol. The van der Waals surface area contributed by atoms with E-state index in [4.69, 9.17) is 0 Å². The minimum atomic E-state index is -1.09. The Morgan fingerprint density at radius 3 is 2.38 bits per heavy atom. The Labute approximate surface area is 187 Å². The van der Waals surface area contributed by atoms with Crippen molar-refractivity contribution < 1.29 is 9.90 Å². The average Bonchev–Trinajstić information content (AvgIpc) is 3.31. The maximum atomic E-state index is 14.0. The molecule has 32 heavy (non-hydrogen) atoms. The number of imidazole rings is 1. The molecule has 2 atom stereocenters. The molecule has 0 aliphatic rings. The fourth-order valence-corrected chi connectivity index (χ4v) is 4.97. The highest BCUT2D eigenvalue weighted by atomic mass is 16.4. The van der Waals surface area contributed by atoms with Crippen molar-refractivity contribution in [1.82, 2.24) is 14.1 Å². The minimum absolute atomic E-state index is 0.172. The largest absolute Gasteiger partial charge is 0.481 e. The highest BCUT2D eigenvalue weighted by molar-refractivity contribution is 5.87. The number of nitrogens with one attached hydrogen (secondary N) is 1. The maximum absolute atomic E-state index is 14.0. The van der Waals surface area contributed by atoms with Crippen molar-refractivity contribution in [3.63, 3.8) is 0 Å². The number of aromatic amines is 1. The lowest BCUT2D eigenvalue weighted by Crippen LogP contribution is -2.40. The number of H-pyrrole nitrogens is 1. The first kappa shape index (κ1) is 21.9. The van der Waals surface area contributed by atoms with Crippen LogP contribution in [0.4, 0.5) is 0 Å². The number of fused-ring (bicyclic) bond motifs is 2. The number of para-hydroxylation sites is 2. The first-order valence-electron chi connectivity index (χ1n) is 11.2. The molecule has 2 unspecified atom stereocenters. The van der Waals surface area contributed by atoms with Gasteiger partial charge in [-0.3, -0.25) is 13.9 Å². The van der Waals surface area contributed by atoms with E-state index in [9.17, 15) is 14.7 Å². The number of benzene rings is 2. The third-order valence-corrected chi connectivity index (χ3v) is 6.85. The molecule has 0 spiro atoms. The van der Waals surface area contributed by atoms with Crippen LogP contribution in [0.3, 0.4) is 0 Å². The van der Waals surface area contributed by atoms with Crippen LogP contribution in [0.25, 0.3) is 21.9 Å². The zero-order chi connectivity index (χ0) is 23.2. The van der Waals surface area contributed by atoms with E-state index in [0.717, 1.165) is 39.5 Å². The van der Waals surface area contributed by atoms with E-state index in [1.165, 1.54) is 0 Å². The van der Waals surface area contributed by atoms with E-state index in [1.807, 2.05) is 61.0 Å². The van der Waals surface area contributed by atoms with Gasteiger partial charge in [-0.2, -0.15) is 0 Å². The molecule has 6 heteroatoms. The molecule has 0 fully saturated rings. The summed E-state index contributed by atoms with van der Waals surface area (Å²) in [6, 6.07) is 13.1. The third kappa shape index (κ3) is 3.25. The molecule has 2 N–H and O–H groups in total. The molecule has 0 aliphatic carbocycles. The number of hydrogen-bond donors (Lipinski definition) is 2. The third-order valence-electron chi connectivity index (χ3n) is 6.85. The predicted octanol–water partition coefficient (Wildman–Crippen LogP) is 5.65. The Kier molecular flexibility index (Phi) is 5.49. The van der Waals surface area contributed by atoms with Crippen LogP contribution in [0.15, 0.2) is 53.5 Å². The van der Waals surface area contributed by atoms with Gasteiger partial charge < -0.3 is 10.1 Å². The first-order valence-corrected chi connectivity index (χ1v) is 11.2. The Morgan fingerprint density at radius 1 is 1.09 bits per heavy atom. The summed E-state index contributed by atoms with van der Waals surface area (Å²) >= 11 is 0. The number of carboxylic acids is 1. The predicted molar refractivity (Wildman–Crippen MR) is 128 cm³/mol. The summed E-state index contributed by atoms with van der Waals surface area (Å²) in [4.78, 5) is 29.4. The summed E-state index contributed by atoms with van der Waals surface area (Å²) < 4.78 is 3.52. The summed E-state index contributed by atoms with van der Waals surface area (Å²) in [5.41, 5.74) is 3.57. The molecule has 0 bridgehead atoms. The highest BCUT2D eigenvalue weighted by Gasteiger charge is 2.40. The van der Waals surface area contributed by atoms with E-state index >= 15 is 0 Å². The van der Waals surface area contributed by atoms with Crippen LogP contribution in [0.1, 0.15) is 63.7 Å². The average molecular weight is 434 g/mol. The zero-order valence-electron chi connectivity index (χ0n) is 19.3. The van der Waals surface area contributed by atoms with Crippen molar-refractivity contribution in [2.24, 2.45) is 5.41 Å². The molecule has 0 saturated heterocycles. The minimum Gasteiger partial charge on any atom is -0.481 e. The summed E-state index contributed by atoms with van der Waals surface area (Å²) in [6.45, 7) is 9.54. The molecule has 2 heterocycles. The lowest BCUT2D eigenvalue weighted by Gasteiger charge is -2.31. The summed E-state index contributed by atoms with van der Waals surface area (Å²) in [5, 5.41) is 11.1. The zero-order valence-corrected chi connectivity index (χ0v) is 19.3. The van der Waals surface area contributed by atoms with Crippen molar-refractivity contribution in [3.8, 4) is 0 Å². The smallest absolute Gasteiger partial charge is 0.329 e. The van der Waals surface area contributed by atoms with Gasteiger partial charge in [0.15, 0.2) is 0 Å². The van der Waals surface area contributed by atoms with Gasteiger partial charge in [0.05, 0.1) is 28.5 Å². The van der Waals surface area contributed by atoms with Crippen LogP contribution in [0.5, 0.6) is 0 Å². The lowest BCUT2D eigenvalue weighted by molar-refractivity contribution is -0.149. The molecule has 2 aromatic carbocycles. The van der Waals surface area contributed by atoms with Crippen LogP contribution < -0.4 is 5.69 Å². The van der Waals surface area contributed by atoms with Gasteiger partial charge in [-0.1, -0.05) is 37.6 Å². The second-order valence-corrected chi connectivity index (χ2v) is 9.26. The maximum Gasteiger partial charge on any atom is 0.329 e. The van der Waals surface area contributed by atoms with Crippen LogP contribution >= 0.6 is 0 Å². The van der Waals surface area contributed by atoms with E-state index in [1.54, 1.807) is 18.4 Å². The fraction of sp³-hybridized carbons (Fsp3) is 0.385. The molecule has 0 radical (unpaired) electrons. The Balaban J connectivity index is 1.99. The molecule has 0 saturated carbocycles. The number of rotatable bonds is 7. The van der Waals surface area contributed by atoms with E-state index in [-0.39, 0.29) is 11.7 Å². The SMILES string of the molecule is CCCC(n1c(=O)n(C(C)c2c[nH]c3cccc(C)c23)c2ccccc21)C(C)(C)C(=O)O. The molecule has 168 valence electrons. The van der Waals surface area contributed by atoms with Gasteiger partial charge in [0.1, 0.15) is 0 Å². The van der Waals surface area contributed by atoms with Crippen molar-refractivity contribution in [2.45, 2.75) is 59.5 Å². The lowest BCUT2D eigenvalue weighted by atomic mass is 9.81. The highest BCUT2D eigenvalue weighted by Crippen LogP contribution is 2.38. The molecule has 4 rings (SSSR count). The van der Waals surface area contributed by atoms with Crippen LogP contribution in [0, 0.1) is 12.3 Å². The quantitative estimate of drug-likeness (QED) is 0.395. The van der Waals surface area contributed by atoms with Crippen molar-refractivity contribution in [2.75, 3.05) is 0 Å². The molecule has 6 nitrogen and oxygen atoms in total. The van der Waals surface area contributed by atoms with Crippen LogP contribution in [-0.2, 0) is 4.79 Å². The van der Waals surface area contributed by atoms with Crippen molar-refractivity contribution in [1.29, 1.82) is 0 Å². The number of nitrogens with zero attached hydrogens (tertiary/aromatic N) is 2. The molecular formula is C26H31N3O3. The van der Waals surface area contributed by atoms with Crippen molar-refractivity contribution >= 4 is 27.9 Å². The van der Waals surface area contributed by atoms with Gasteiger partial charge >= 0.3 is 11.7 Å². The van der Waals surface area contributed by atoms with Gasteiger partial charge in [-0.15, -0.1) is 0 Å². The van der Waals surface area contributed by atoms with E-state index in [0.29, 0.717) is 6.42 Å². The van der Waals surface area contributed by atoms with E-state index in [2.05, 4.69) is 18.0 Å². The van der Waals surface area contributed by atoms with Gasteiger partial charge in [0.2, 0.25) is 0 Å². The fourth-order valence-electron chi connectivity index (χ4n) is 4.97. The second kappa shape index (κ2) is 8.01. The van der Waals surface area contributed by atoms with Crippen LogP contribution in [0.2, 0.25) is 0 Å². The van der Waals surface area contributed by atoms with Crippen LogP contribution in [-0.4, -0.2) is 25.2 Å². The number of carboxylic acid groups (broad SMARTS) is 1. The summed E-state index contributed by atoms with van der Waals surface area (Å²) in [5.74, 6) is -0.903. The van der Waals surface area contributed by atoms with Gasteiger partial charge in [-0.05, 0) is 57.9 Å². The van der Waals surface area contributed by atoms with Gasteiger partial charge in [-0.25, -0.2) is 4.79 Å². The standard InChI is InChI=1S/C26H31N3O3/c1-6-10-22(26(4,5)24(30)31)29-21-14-8-7-13-20(21)28(25(29)32)17(3)18-15-27-19-12-9-11-16(2)23(18)19/h7-9,11-15,17,22,27H,6,10H2,1-5H3,(H,30,31). The Bertz CT molecular complexity index is 1360. The topological polar surface area (TPSA) is 80.0 Å². The normalized spacial score (nSPS) is 14.2. The number of aromatic nitrogens is 3. The van der Waals surface area contributed by atoms with Crippen molar-refractivity contribution in [3.05, 3.63) is 70.3 Å². The number of hydrogen-bond acceptors (Lipinski definition) is 2. The molecule has 2 aromatic heterocycles. The Hall–Kier alpha value is -3.28. The molecular weight excluding hydrogens is 402 g/mol. The number of carbonyl (C=O) groups is 1. The van der Waals surface area contributed by atoms with Gasteiger partial charge in [0, 0.05) is 22.7 Å². The molecule has 0 amide bonds. The summed E-state index contributed by atoms with van der Waals surface area (Å²) in [6.07, 6.45) is 3.36. The summed E-state index contributed by atoms with van der Waals surface area (Å²) in [7, 11) is 0. The first-order chi connectivity index (χ1) is 15.2. The Morgan fingerprint density at radius 2 is 1.75 bits per heavy atom. The second-order valence-electron chi connectivity index (χ2n) is 9.26. The molecule has 4 aromatic rings. The van der Waals surface area contributed by atoms with Gasteiger partial charge in [0.25, 0.3) is 0 Å². The number of aliphatic carboxylic acids is 1. The number of aryl methyl sites for hydroxylation is 1.